The van der Waals surface area contributed by atoms with E-state index < -0.39 is 0 Å². The Hall–Kier alpha value is -2.91. The van der Waals surface area contributed by atoms with E-state index in [2.05, 4.69) is 20.4 Å². The Balaban J connectivity index is 1.57. The summed E-state index contributed by atoms with van der Waals surface area (Å²) in [5.74, 6) is 0.235. The van der Waals surface area contributed by atoms with E-state index in [1.165, 1.54) is 29.2 Å². The van der Waals surface area contributed by atoms with E-state index >= 15 is 0 Å². The number of piperazine rings is 1. The number of benzene rings is 2. The lowest BCUT2D eigenvalue weighted by atomic mass is 10.0. The van der Waals surface area contributed by atoms with Crippen molar-refractivity contribution in [2.45, 2.75) is 12.6 Å². The Labute approximate surface area is 173 Å². The average molecular weight is 415 g/mol. The van der Waals surface area contributed by atoms with E-state index in [0.29, 0.717) is 13.2 Å². The van der Waals surface area contributed by atoms with Gasteiger partial charge in [-0.1, -0.05) is 0 Å². The van der Waals surface area contributed by atoms with Gasteiger partial charge in [0, 0.05) is 18.4 Å². The third-order valence-corrected chi connectivity index (χ3v) is 5.53. The van der Waals surface area contributed by atoms with Gasteiger partial charge in [0.15, 0.2) is 6.04 Å². The molecule has 2 aromatic carbocycles. The van der Waals surface area contributed by atoms with E-state index in [4.69, 9.17) is 4.74 Å². The fraction of sp³-hybridized carbons (Fsp3) is 0.381. The van der Waals surface area contributed by atoms with Gasteiger partial charge in [-0.15, -0.1) is 5.10 Å². The minimum absolute atomic E-state index is 0.118. The van der Waals surface area contributed by atoms with Gasteiger partial charge < -0.3 is 14.5 Å². The van der Waals surface area contributed by atoms with Crippen molar-refractivity contribution < 1.29 is 18.4 Å². The highest BCUT2D eigenvalue weighted by Gasteiger charge is 2.34. The number of anilines is 1. The molecule has 1 atom stereocenters. The molecule has 0 radical (unpaired) electrons. The van der Waals surface area contributed by atoms with Crippen LogP contribution in [-0.2, 0) is 11.3 Å². The van der Waals surface area contributed by atoms with Crippen molar-refractivity contribution in [1.82, 2.24) is 20.2 Å². The molecule has 0 unspecified atom stereocenters. The number of nitrogens with one attached hydrogen (secondary N) is 1. The minimum atomic E-state index is -0.271. The molecule has 1 aliphatic rings. The summed E-state index contributed by atoms with van der Waals surface area (Å²) in [5, 5.41) is 12.3. The Morgan fingerprint density at radius 1 is 1.00 bits per heavy atom. The van der Waals surface area contributed by atoms with Gasteiger partial charge in [-0.25, -0.2) is 13.5 Å². The molecule has 0 saturated carbocycles. The maximum atomic E-state index is 13.5. The van der Waals surface area contributed by atoms with Crippen LogP contribution in [0.4, 0.5) is 14.5 Å². The monoisotopic (exact) mass is 415 g/mol. The van der Waals surface area contributed by atoms with Crippen LogP contribution in [0, 0.1) is 11.6 Å². The molecule has 9 heteroatoms. The Morgan fingerprint density at radius 2 is 1.63 bits per heavy atom. The second kappa shape index (κ2) is 9.27. The van der Waals surface area contributed by atoms with Crippen LogP contribution in [0.5, 0.6) is 0 Å². The van der Waals surface area contributed by atoms with Crippen molar-refractivity contribution in [2.24, 2.45) is 0 Å². The number of ether oxygens (including phenoxy) is 1. The maximum absolute atomic E-state index is 13.5. The third-order valence-electron chi connectivity index (χ3n) is 5.53. The van der Waals surface area contributed by atoms with Crippen molar-refractivity contribution in [1.29, 1.82) is 0 Å². The number of methoxy groups -OCH3 is 1. The first-order valence-electron chi connectivity index (χ1n) is 10.0. The van der Waals surface area contributed by atoms with Crippen molar-refractivity contribution in [3.05, 3.63) is 71.6 Å². The van der Waals surface area contributed by atoms with Crippen LogP contribution < -0.4 is 9.80 Å². The number of halogens is 2. The van der Waals surface area contributed by atoms with Crippen LogP contribution in [0.2, 0.25) is 0 Å². The second-order valence-electron chi connectivity index (χ2n) is 7.36. The summed E-state index contributed by atoms with van der Waals surface area (Å²) in [7, 11) is 1.64. The molecule has 7 nitrogen and oxygen atoms in total. The van der Waals surface area contributed by atoms with Gasteiger partial charge in [0.1, 0.15) is 11.6 Å². The fourth-order valence-corrected chi connectivity index (χ4v) is 3.97. The first-order chi connectivity index (χ1) is 14.7. The number of hydrogen-bond donors (Lipinski definition) is 1. The molecule has 0 aliphatic carbocycles. The number of aromatic nitrogens is 4. The van der Waals surface area contributed by atoms with Crippen molar-refractivity contribution in [3.63, 3.8) is 0 Å². The summed E-state index contributed by atoms with van der Waals surface area (Å²) >= 11 is 0. The van der Waals surface area contributed by atoms with Crippen molar-refractivity contribution in [3.8, 4) is 0 Å². The molecule has 0 spiro atoms. The van der Waals surface area contributed by atoms with E-state index in [1.54, 1.807) is 23.9 Å². The molecule has 1 aromatic heterocycles. The number of rotatable bonds is 7. The molecule has 1 fully saturated rings. The number of nitrogens with zero attached hydrogens (tertiary/aromatic N) is 5. The molecule has 4 rings (SSSR count). The molecular formula is C21H25F2N6O+. The third kappa shape index (κ3) is 4.47. The van der Waals surface area contributed by atoms with Gasteiger partial charge in [-0.2, -0.15) is 0 Å². The van der Waals surface area contributed by atoms with Gasteiger partial charge in [0.25, 0.3) is 0 Å². The van der Waals surface area contributed by atoms with Crippen LogP contribution in [0.1, 0.15) is 17.4 Å². The number of tetrazole rings is 1. The highest BCUT2D eigenvalue weighted by atomic mass is 19.1. The molecular weight excluding hydrogens is 390 g/mol. The van der Waals surface area contributed by atoms with Gasteiger partial charge in [-0.3, -0.25) is 0 Å². The zero-order valence-electron chi connectivity index (χ0n) is 16.8. The second-order valence-corrected chi connectivity index (χ2v) is 7.36. The average Bonchev–Trinajstić information content (AvgIpc) is 3.23. The molecule has 1 aliphatic heterocycles. The van der Waals surface area contributed by atoms with Crippen LogP contribution >= 0.6 is 0 Å². The number of hydrogen-bond acceptors (Lipinski definition) is 5. The molecule has 158 valence electrons. The Kier molecular flexibility index (Phi) is 6.29. The van der Waals surface area contributed by atoms with Gasteiger partial charge >= 0.3 is 0 Å². The lowest BCUT2D eigenvalue weighted by Gasteiger charge is -2.37. The van der Waals surface area contributed by atoms with Crippen LogP contribution in [0.15, 0.2) is 48.5 Å². The first-order valence-corrected chi connectivity index (χ1v) is 10.0. The van der Waals surface area contributed by atoms with Crippen molar-refractivity contribution >= 4 is 5.69 Å². The quantitative estimate of drug-likeness (QED) is 0.626. The van der Waals surface area contributed by atoms with E-state index in [0.717, 1.165) is 43.3 Å². The fourth-order valence-electron chi connectivity index (χ4n) is 3.97. The smallest absolute Gasteiger partial charge is 0.214 e. The van der Waals surface area contributed by atoms with Gasteiger partial charge in [0.05, 0.1) is 39.3 Å². The predicted octanol–water partition coefficient (Wildman–Crippen LogP) is 1.09. The summed E-state index contributed by atoms with van der Waals surface area (Å²) < 4.78 is 33.7. The minimum Gasteiger partial charge on any atom is -0.383 e. The SMILES string of the molecule is COCCn1nnnc1[C@@H](c1ccc(F)cc1)[NH+]1CCN(c2ccc(F)cc2)CC1. The van der Waals surface area contributed by atoms with Gasteiger partial charge in [-0.05, 0) is 59.0 Å². The highest BCUT2D eigenvalue weighted by Crippen LogP contribution is 2.19. The maximum Gasteiger partial charge on any atom is 0.214 e. The lowest BCUT2D eigenvalue weighted by Crippen LogP contribution is -3.15. The summed E-state index contributed by atoms with van der Waals surface area (Å²) in [6, 6.07) is 13.0. The summed E-state index contributed by atoms with van der Waals surface area (Å²) in [4.78, 5) is 3.55. The van der Waals surface area contributed by atoms with Crippen LogP contribution in [-0.4, -0.2) is 60.1 Å². The molecule has 0 amide bonds. The summed E-state index contributed by atoms with van der Waals surface area (Å²) in [5.41, 5.74) is 1.98. The topological polar surface area (TPSA) is 60.5 Å². The highest BCUT2D eigenvalue weighted by molar-refractivity contribution is 5.46. The normalized spacial score (nSPS) is 16.0. The zero-order valence-corrected chi connectivity index (χ0v) is 16.8. The summed E-state index contributed by atoms with van der Waals surface area (Å²) in [6.07, 6.45) is 0. The standard InChI is InChI=1S/C21H24F2N6O/c1-30-15-14-29-21(24-25-26-29)20(16-2-4-17(22)5-3-16)28-12-10-27(11-13-28)19-8-6-18(23)7-9-19/h2-9,20H,10-15H2,1H3/p+1/t20-/m1/s1. The first kappa shape index (κ1) is 20.4. The van der Waals surface area contributed by atoms with Crippen LogP contribution in [0.25, 0.3) is 0 Å². The Morgan fingerprint density at radius 3 is 2.27 bits per heavy atom. The zero-order chi connectivity index (χ0) is 20.9. The van der Waals surface area contributed by atoms with E-state index in [-0.39, 0.29) is 17.7 Å². The predicted molar refractivity (Wildman–Crippen MR) is 107 cm³/mol. The summed E-state index contributed by atoms with van der Waals surface area (Å²) in [6.45, 7) is 4.37. The van der Waals surface area contributed by atoms with E-state index in [9.17, 15) is 8.78 Å². The largest absolute Gasteiger partial charge is 0.383 e. The molecule has 2 heterocycles. The molecule has 3 aromatic rings. The van der Waals surface area contributed by atoms with Crippen LogP contribution in [0.3, 0.4) is 0 Å². The lowest BCUT2D eigenvalue weighted by molar-refractivity contribution is -0.927. The number of quaternary nitrogens is 1. The molecule has 1 N–H and O–H groups in total. The van der Waals surface area contributed by atoms with Gasteiger partial charge in [0.2, 0.25) is 5.82 Å². The van der Waals surface area contributed by atoms with Crippen molar-refractivity contribution in [2.75, 3.05) is 44.8 Å². The van der Waals surface area contributed by atoms with E-state index in [1.807, 2.05) is 12.1 Å². The molecule has 0 bridgehead atoms. The molecule has 1 saturated heterocycles. The Bertz CT molecular complexity index is 939. The molecule has 30 heavy (non-hydrogen) atoms.